The highest BCUT2D eigenvalue weighted by molar-refractivity contribution is 8.18. The van der Waals surface area contributed by atoms with Crippen LogP contribution in [0.15, 0.2) is 53.4 Å². The summed E-state index contributed by atoms with van der Waals surface area (Å²) < 4.78 is 13.8. The first kappa shape index (κ1) is 24.0. The highest BCUT2D eigenvalue weighted by atomic mass is 32.2. The molecular weight excluding hydrogens is 447 g/mol. The number of carbonyl (C=O) groups is 4. The molecule has 2 aromatic carbocycles. The van der Waals surface area contributed by atoms with Crippen LogP contribution in [0.25, 0.3) is 6.08 Å². The Labute approximate surface area is 194 Å². The Morgan fingerprint density at radius 3 is 2.55 bits per heavy atom. The van der Waals surface area contributed by atoms with E-state index < -0.39 is 29.0 Å². The number of hydrogen-bond acceptors (Lipinski definition) is 5. The fourth-order valence-electron chi connectivity index (χ4n) is 3.38. The molecule has 0 saturated carbocycles. The lowest BCUT2D eigenvalue weighted by Crippen LogP contribution is -2.40. The summed E-state index contributed by atoms with van der Waals surface area (Å²) in [6, 6.07) is 11.9. The van der Waals surface area contributed by atoms with Gasteiger partial charge in [0.25, 0.3) is 11.1 Å². The molecule has 2 aromatic rings. The number of carbonyl (C=O) groups excluding carboxylic acids is 4. The third-order valence-electron chi connectivity index (χ3n) is 4.99. The molecule has 33 heavy (non-hydrogen) atoms. The monoisotopic (exact) mass is 470 g/mol. The van der Waals surface area contributed by atoms with Crippen molar-refractivity contribution < 1.29 is 23.6 Å². The number of imide groups is 1. The molecule has 0 aromatic heterocycles. The number of primary amides is 1. The average Bonchev–Trinajstić information content (AvgIpc) is 3.02. The van der Waals surface area contributed by atoms with E-state index in [1.54, 1.807) is 18.2 Å². The normalized spacial score (nSPS) is 15.6. The summed E-state index contributed by atoms with van der Waals surface area (Å²) >= 11 is 0.718. The Morgan fingerprint density at radius 1 is 1.15 bits per heavy atom. The van der Waals surface area contributed by atoms with Gasteiger partial charge in [-0.2, -0.15) is 0 Å². The zero-order valence-electron chi connectivity index (χ0n) is 17.8. The van der Waals surface area contributed by atoms with Gasteiger partial charge in [0.05, 0.1) is 17.4 Å². The van der Waals surface area contributed by atoms with Gasteiger partial charge in [0, 0.05) is 18.7 Å². The second-order valence-electron chi connectivity index (χ2n) is 7.33. The van der Waals surface area contributed by atoms with Crippen LogP contribution in [-0.4, -0.2) is 41.1 Å². The molecule has 0 bridgehead atoms. The highest BCUT2D eigenvalue weighted by Crippen LogP contribution is 2.32. The summed E-state index contributed by atoms with van der Waals surface area (Å²) in [5.74, 6) is -1.43. The molecule has 3 rings (SSSR count). The molecule has 4 N–H and O–H groups in total. The number of nitrogens with one attached hydrogen (secondary N) is 2. The first-order valence-electron chi connectivity index (χ1n) is 10.1. The van der Waals surface area contributed by atoms with Crippen molar-refractivity contribution in [2.24, 2.45) is 5.73 Å². The number of halogens is 1. The molecule has 0 spiro atoms. The molecule has 0 radical (unpaired) electrons. The Kier molecular flexibility index (Phi) is 7.83. The van der Waals surface area contributed by atoms with E-state index in [1.807, 2.05) is 19.1 Å². The largest absolute Gasteiger partial charge is 0.354 e. The molecular formula is C23H23FN4O4S. The number of rotatable bonds is 8. The second kappa shape index (κ2) is 10.8. The topological polar surface area (TPSA) is 122 Å². The molecule has 1 aliphatic rings. The van der Waals surface area contributed by atoms with Gasteiger partial charge in [-0.3, -0.25) is 19.3 Å². The van der Waals surface area contributed by atoms with Crippen LogP contribution >= 0.6 is 11.8 Å². The van der Waals surface area contributed by atoms with Gasteiger partial charge in [-0.15, -0.1) is 0 Å². The smallest absolute Gasteiger partial charge is 0.312 e. The maximum absolute atomic E-state index is 13.8. The van der Waals surface area contributed by atoms with Crippen molar-refractivity contribution in [1.82, 2.24) is 15.5 Å². The molecule has 1 heterocycles. The van der Waals surface area contributed by atoms with Crippen LogP contribution in [0, 0.1) is 12.7 Å². The maximum Gasteiger partial charge on any atom is 0.312 e. The lowest BCUT2D eigenvalue weighted by atomic mass is 9.98. The Balaban J connectivity index is 1.58. The number of nitrogens with zero attached hydrogens (tertiary/aromatic N) is 1. The summed E-state index contributed by atoms with van der Waals surface area (Å²) in [6.07, 6.45) is 1.27. The van der Waals surface area contributed by atoms with Crippen LogP contribution in [0.1, 0.15) is 29.2 Å². The summed E-state index contributed by atoms with van der Waals surface area (Å²) in [5, 5.41) is 4.72. The quantitative estimate of drug-likeness (QED) is 0.512. The molecule has 5 amide bonds. The van der Waals surface area contributed by atoms with Gasteiger partial charge in [-0.05, 0) is 42.0 Å². The fraction of sp³-hybridized carbons (Fsp3) is 0.217. The highest BCUT2D eigenvalue weighted by Gasteiger charge is 2.34. The molecule has 172 valence electrons. The van der Waals surface area contributed by atoms with Crippen LogP contribution < -0.4 is 16.4 Å². The first-order valence-corrected chi connectivity index (χ1v) is 11.0. The lowest BCUT2D eigenvalue weighted by Gasteiger charge is -2.20. The Morgan fingerprint density at radius 2 is 1.85 bits per heavy atom. The van der Waals surface area contributed by atoms with Crippen molar-refractivity contribution in [3.8, 4) is 0 Å². The van der Waals surface area contributed by atoms with Crippen LogP contribution in [0.2, 0.25) is 0 Å². The van der Waals surface area contributed by atoms with E-state index in [9.17, 15) is 23.6 Å². The fourth-order valence-corrected chi connectivity index (χ4v) is 4.23. The van der Waals surface area contributed by atoms with E-state index in [1.165, 1.54) is 24.3 Å². The van der Waals surface area contributed by atoms with E-state index in [-0.39, 0.29) is 35.9 Å². The molecule has 1 unspecified atom stereocenters. The van der Waals surface area contributed by atoms with E-state index in [2.05, 4.69) is 10.6 Å². The number of urea groups is 1. The van der Waals surface area contributed by atoms with E-state index >= 15 is 0 Å². The molecule has 1 fully saturated rings. The number of nitrogens with two attached hydrogens (primary N) is 1. The number of thioether (sulfide) groups is 1. The van der Waals surface area contributed by atoms with Crippen molar-refractivity contribution in [3.63, 3.8) is 0 Å². The molecule has 8 nitrogen and oxygen atoms in total. The van der Waals surface area contributed by atoms with Gasteiger partial charge < -0.3 is 16.4 Å². The van der Waals surface area contributed by atoms with Crippen molar-refractivity contribution in [2.75, 3.05) is 13.1 Å². The van der Waals surface area contributed by atoms with Gasteiger partial charge in [0.2, 0.25) is 5.91 Å². The first-order chi connectivity index (χ1) is 15.8. The number of benzene rings is 2. The van der Waals surface area contributed by atoms with Crippen LogP contribution in [0.5, 0.6) is 0 Å². The second-order valence-corrected chi connectivity index (χ2v) is 8.32. The average molecular weight is 471 g/mol. The minimum absolute atomic E-state index is 0.0287. The third-order valence-corrected chi connectivity index (χ3v) is 5.90. The van der Waals surface area contributed by atoms with Crippen LogP contribution in [0.3, 0.4) is 0 Å². The Bertz CT molecular complexity index is 1120. The van der Waals surface area contributed by atoms with Crippen molar-refractivity contribution >= 4 is 40.9 Å². The van der Waals surface area contributed by atoms with Gasteiger partial charge in [0.1, 0.15) is 5.82 Å². The Hall–Kier alpha value is -3.66. The predicted octanol–water partition coefficient (Wildman–Crippen LogP) is 3.09. The molecule has 1 saturated heterocycles. The summed E-state index contributed by atoms with van der Waals surface area (Å²) in [6.45, 7) is 1.85. The van der Waals surface area contributed by atoms with E-state index in [0.29, 0.717) is 0 Å². The number of aryl methyl sites for hydroxylation is 1. The van der Waals surface area contributed by atoms with Gasteiger partial charge >= 0.3 is 6.03 Å². The predicted molar refractivity (Wildman–Crippen MR) is 123 cm³/mol. The number of hydrogen-bond donors (Lipinski definition) is 3. The summed E-state index contributed by atoms with van der Waals surface area (Å²) in [7, 11) is 0. The van der Waals surface area contributed by atoms with Gasteiger partial charge in [-0.25, -0.2) is 9.18 Å². The SMILES string of the molecule is Cc1ccccc1C(CC(=O)NCCN1C(=O)S/C(=C\c2ccccc2F)C1=O)NC(N)=O. The molecule has 1 aliphatic heterocycles. The minimum Gasteiger partial charge on any atom is -0.354 e. The molecule has 10 heteroatoms. The summed E-state index contributed by atoms with van der Waals surface area (Å²) in [4.78, 5) is 49.7. The molecule has 0 aliphatic carbocycles. The van der Waals surface area contributed by atoms with Crippen LogP contribution in [0.4, 0.5) is 14.0 Å². The lowest BCUT2D eigenvalue weighted by molar-refractivity contribution is -0.124. The number of amides is 5. The minimum atomic E-state index is -0.754. The van der Waals surface area contributed by atoms with Crippen LogP contribution in [-0.2, 0) is 9.59 Å². The van der Waals surface area contributed by atoms with Gasteiger partial charge in [0.15, 0.2) is 0 Å². The van der Waals surface area contributed by atoms with Crippen molar-refractivity contribution in [3.05, 3.63) is 75.9 Å². The standard InChI is InChI=1S/C23H23FN4O4S/c1-14-6-2-4-8-16(14)18(27-22(25)31)13-20(29)26-10-11-28-21(30)19(33-23(28)32)12-15-7-3-5-9-17(15)24/h2-9,12,18H,10-11,13H2,1H3,(H,26,29)(H3,25,27,31)/b19-12-. The van der Waals surface area contributed by atoms with Gasteiger partial charge in [-0.1, -0.05) is 42.5 Å². The molecule has 1 atom stereocenters. The third kappa shape index (κ3) is 6.19. The van der Waals surface area contributed by atoms with Crippen molar-refractivity contribution in [1.29, 1.82) is 0 Å². The zero-order valence-corrected chi connectivity index (χ0v) is 18.7. The summed E-state index contributed by atoms with van der Waals surface area (Å²) in [5.41, 5.74) is 7.11. The van der Waals surface area contributed by atoms with Crippen molar-refractivity contribution in [2.45, 2.75) is 19.4 Å². The maximum atomic E-state index is 13.8. The van der Waals surface area contributed by atoms with E-state index in [0.717, 1.165) is 27.8 Å². The zero-order chi connectivity index (χ0) is 24.0. The van der Waals surface area contributed by atoms with E-state index in [4.69, 9.17) is 5.73 Å².